The van der Waals surface area contributed by atoms with Gasteiger partial charge in [-0.25, -0.2) is 0 Å². The fourth-order valence-electron chi connectivity index (χ4n) is 2.40. The highest BCUT2D eigenvalue weighted by Gasteiger charge is 2.39. The van der Waals surface area contributed by atoms with Crippen LogP contribution in [0.15, 0.2) is 12.1 Å². The van der Waals surface area contributed by atoms with E-state index < -0.39 is 18.0 Å². The van der Waals surface area contributed by atoms with E-state index in [0.29, 0.717) is 37.6 Å². The molecule has 1 heterocycles. The Morgan fingerprint density at radius 3 is 2.39 bits per heavy atom. The second-order valence-corrected chi connectivity index (χ2v) is 5.05. The lowest BCUT2D eigenvalue weighted by Gasteiger charge is -2.31. The second-order valence-electron chi connectivity index (χ2n) is 5.05. The molecule has 1 aromatic carbocycles. The van der Waals surface area contributed by atoms with E-state index in [-0.39, 0.29) is 11.3 Å². The Labute approximate surface area is 130 Å². The molecule has 0 saturated carbocycles. The van der Waals surface area contributed by atoms with Crippen LogP contribution in [0.25, 0.3) is 0 Å². The molecular weight excluding hydrogens is 315 g/mol. The third-order valence-electron chi connectivity index (χ3n) is 3.55. The van der Waals surface area contributed by atoms with Crippen LogP contribution in [0.5, 0.6) is 0 Å². The summed E-state index contributed by atoms with van der Waals surface area (Å²) >= 11 is 0. The number of nitrogens with two attached hydrogens (primary N) is 1. The number of nitrogens with one attached hydrogen (secondary N) is 1. The van der Waals surface area contributed by atoms with Gasteiger partial charge in [-0.1, -0.05) is 0 Å². The maximum atomic E-state index is 12.5. The summed E-state index contributed by atoms with van der Waals surface area (Å²) in [4.78, 5) is 24.6. The first-order valence-corrected chi connectivity index (χ1v) is 6.86. The van der Waals surface area contributed by atoms with Gasteiger partial charge in [0.2, 0.25) is 0 Å². The molecule has 1 aromatic rings. The van der Waals surface area contributed by atoms with Crippen molar-refractivity contribution < 1.29 is 27.5 Å². The van der Waals surface area contributed by atoms with Gasteiger partial charge in [0.25, 0.3) is 5.91 Å². The molecule has 2 amide bonds. The Morgan fingerprint density at radius 1 is 1.26 bits per heavy atom. The van der Waals surface area contributed by atoms with Gasteiger partial charge in [-0.05, 0) is 24.6 Å². The summed E-state index contributed by atoms with van der Waals surface area (Å²) in [5, 5.41) is 1.76. The van der Waals surface area contributed by atoms with Gasteiger partial charge in [-0.15, -0.1) is 0 Å². The molecule has 0 atom stereocenters. The highest BCUT2D eigenvalue weighted by Crippen LogP contribution is 2.32. The number of anilines is 2. The summed E-state index contributed by atoms with van der Waals surface area (Å²) in [6, 6.07) is 2.91. The van der Waals surface area contributed by atoms with Crippen LogP contribution < -0.4 is 16.0 Å². The second kappa shape index (κ2) is 6.45. The van der Waals surface area contributed by atoms with E-state index >= 15 is 0 Å². The van der Waals surface area contributed by atoms with E-state index in [1.165, 1.54) is 13.0 Å². The molecule has 0 aromatic heterocycles. The first-order valence-electron chi connectivity index (χ1n) is 6.86. The average molecular weight is 331 g/mol. The van der Waals surface area contributed by atoms with Crippen LogP contribution in [0.1, 0.15) is 15.9 Å². The van der Waals surface area contributed by atoms with Crippen molar-refractivity contribution >= 4 is 23.2 Å². The number of halogens is 3. The van der Waals surface area contributed by atoms with Crippen molar-refractivity contribution in [2.24, 2.45) is 5.73 Å². The lowest BCUT2D eigenvalue weighted by Crippen LogP contribution is -2.37. The van der Waals surface area contributed by atoms with Gasteiger partial charge in [0, 0.05) is 18.8 Å². The lowest BCUT2D eigenvalue weighted by molar-refractivity contribution is -0.167. The molecule has 0 aliphatic carbocycles. The maximum Gasteiger partial charge on any atom is 0.471 e. The zero-order valence-electron chi connectivity index (χ0n) is 12.4. The molecule has 1 aliphatic heterocycles. The molecule has 0 spiro atoms. The standard InChI is InChI=1S/C14H16F3N3O3/c1-8-10(20-4-6-23-7-5-20)3-2-9(12(18)21)11(8)19-13(22)14(15,16)17/h2-3H,4-7H2,1H3,(H2,18,21)(H,19,22). The number of ether oxygens (including phenoxy) is 1. The van der Waals surface area contributed by atoms with Gasteiger partial charge in [-0.2, -0.15) is 13.2 Å². The summed E-state index contributed by atoms with van der Waals surface area (Å²) in [5.41, 5.74) is 5.77. The average Bonchev–Trinajstić information content (AvgIpc) is 2.48. The van der Waals surface area contributed by atoms with Gasteiger partial charge < -0.3 is 20.7 Å². The Hall–Kier alpha value is -2.29. The number of alkyl halides is 3. The number of carbonyl (C=O) groups is 2. The fraction of sp³-hybridized carbons (Fsp3) is 0.429. The number of hydrogen-bond donors (Lipinski definition) is 2. The van der Waals surface area contributed by atoms with E-state index in [4.69, 9.17) is 10.5 Å². The van der Waals surface area contributed by atoms with Crippen molar-refractivity contribution in [1.29, 1.82) is 0 Å². The molecule has 1 saturated heterocycles. The molecule has 0 radical (unpaired) electrons. The quantitative estimate of drug-likeness (QED) is 0.877. The van der Waals surface area contributed by atoms with E-state index in [2.05, 4.69) is 0 Å². The molecule has 3 N–H and O–H groups in total. The van der Waals surface area contributed by atoms with E-state index in [9.17, 15) is 22.8 Å². The Morgan fingerprint density at radius 2 is 1.87 bits per heavy atom. The summed E-state index contributed by atoms with van der Waals surface area (Å²) < 4.78 is 42.7. The monoisotopic (exact) mass is 331 g/mol. The van der Waals surface area contributed by atoms with Crippen molar-refractivity contribution in [1.82, 2.24) is 0 Å². The third-order valence-corrected chi connectivity index (χ3v) is 3.55. The first-order chi connectivity index (χ1) is 10.7. The Bertz CT molecular complexity index is 626. The topological polar surface area (TPSA) is 84.7 Å². The molecule has 0 unspecified atom stereocenters. The van der Waals surface area contributed by atoms with Gasteiger partial charge in [0.05, 0.1) is 24.5 Å². The summed E-state index contributed by atoms with van der Waals surface area (Å²) in [6.07, 6.45) is -5.06. The van der Waals surface area contributed by atoms with E-state index in [1.807, 2.05) is 4.90 Å². The molecule has 2 rings (SSSR count). The lowest BCUT2D eigenvalue weighted by atomic mass is 10.0. The largest absolute Gasteiger partial charge is 0.471 e. The van der Waals surface area contributed by atoms with Crippen molar-refractivity contribution in [2.75, 3.05) is 36.5 Å². The molecular formula is C14H16F3N3O3. The van der Waals surface area contributed by atoms with Crippen molar-refractivity contribution in [2.45, 2.75) is 13.1 Å². The highest BCUT2D eigenvalue weighted by molar-refractivity contribution is 6.06. The van der Waals surface area contributed by atoms with Gasteiger partial charge in [0.1, 0.15) is 0 Å². The number of hydrogen-bond acceptors (Lipinski definition) is 4. The molecule has 0 bridgehead atoms. The Balaban J connectivity index is 2.43. The van der Waals surface area contributed by atoms with Crippen molar-refractivity contribution in [3.8, 4) is 0 Å². The predicted octanol–water partition coefficient (Wildman–Crippen LogP) is 1.43. The highest BCUT2D eigenvalue weighted by atomic mass is 19.4. The predicted molar refractivity (Wildman–Crippen MR) is 77.4 cm³/mol. The third kappa shape index (κ3) is 3.73. The summed E-state index contributed by atoms with van der Waals surface area (Å²) in [7, 11) is 0. The van der Waals surface area contributed by atoms with Crippen LogP contribution in [-0.2, 0) is 9.53 Å². The van der Waals surface area contributed by atoms with Crippen molar-refractivity contribution in [3.63, 3.8) is 0 Å². The number of nitrogens with zero attached hydrogens (tertiary/aromatic N) is 1. The minimum atomic E-state index is -5.06. The van der Waals surface area contributed by atoms with Crippen LogP contribution in [0.2, 0.25) is 0 Å². The van der Waals surface area contributed by atoms with Gasteiger partial charge >= 0.3 is 12.1 Å². The van der Waals surface area contributed by atoms with E-state index in [1.54, 1.807) is 11.4 Å². The smallest absolute Gasteiger partial charge is 0.378 e. The number of benzene rings is 1. The number of primary amides is 1. The van der Waals surface area contributed by atoms with Gasteiger partial charge in [-0.3, -0.25) is 9.59 Å². The fourth-order valence-corrected chi connectivity index (χ4v) is 2.40. The van der Waals surface area contributed by atoms with Crippen LogP contribution >= 0.6 is 0 Å². The number of morpholine rings is 1. The van der Waals surface area contributed by atoms with E-state index in [0.717, 1.165) is 0 Å². The van der Waals surface area contributed by atoms with Crippen LogP contribution in [0, 0.1) is 6.92 Å². The maximum absolute atomic E-state index is 12.5. The minimum absolute atomic E-state index is 0.169. The van der Waals surface area contributed by atoms with Crippen LogP contribution in [0.3, 0.4) is 0 Å². The number of amides is 2. The SMILES string of the molecule is Cc1c(N2CCOCC2)ccc(C(N)=O)c1NC(=O)C(F)(F)F. The first kappa shape index (κ1) is 17.1. The zero-order valence-corrected chi connectivity index (χ0v) is 12.4. The van der Waals surface area contributed by atoms with Crippen LogP contribution in [0.4, 0.5) is 24.5 Å². The van der Waals surface area contributed by atoms with Gasteiger partial charge in [0.15, 0.2) is 0 Å². The van der Waals surface area contributed by atoms with Crippen molar-refractivity contribution in [3.05, 3.63) is 23.3 Å². The molecule has 9 heteroatoms. The minimum Gasteiger partial charge on any atom is -0.378 e. The molecule has 6 nitrogen and oxygen atoms in total. The molecule has 126 valence electrons. The zero-order chi connectivity index (χ0) is 17.2. The molecule has 1 aliphatic rings. The summed E-state index contributed by atoms with van der Waals surface area (Å²) in [6.45, 7) is 3.62. The number of rotatable bonds is 3. The van der Waals surface area contributed by atoms with Crippen LogP contribution in [-0.4, -0.2) is 44.3 Å². The number of carbonyl (C=O) groups excluding carboxylic acids is 2. The molecule has 23 heavy (non-hydrogen) atoms. The Kier molecular flexibility index (Phi) is 4.79. The summed E-state index contributed by atoms with van der Waals surface area (Å²) in [5.74, 6) is -3.07. The molecule has 1 fully saturated rings. The normalized spacial score (nSPS) is 15.4.